The highest BCUT2D eigenvalue weighted by Gasteiger charge is 2.28. The summed E-state index contributed by atoms with van der Waals surface area (Å²) < 4.78 is 0. The molecule has 0 aliphatic rings. The van der Waals surface area contributed by atoms with E-state index in [1.54, 1.807) is 20.9 Å². The maximum atomic E-state index is 11.8. The minimum absolute atomic E-state index is 0.0877. The molecule has 0 bridgehead atoms. The Kier molecular flexibility index (Phi) is 5.23. The number of carbonyl (C=O) groups excluding carboxylic acids is 1. The zero-order chi connectivity index (χ0) is 12.9. The van der Waals surface area contributed by atoms with Crippen LogP contribution in [0.4, 0.5) is 4.79 Å². The third kappa shape index (κ3) is 4.06. The summed E-state index contributed by atoms with van der Waals surface area (Å²) >= 11 is 0. The van der Waals surface area contributed by atoms with Gasteiger partial charge in [0, 0.05) is 20.6 Å². The second-order valence-corrected chi connectivity index (χ2v) is 4.38. The normalized spacial score (nSPS) is 11.1. The predicted octanol–water partition coefficient (Wildman–Crippen LogP) is 0.216. The number of likely N-dealkylation sites (N-methyl/N-ethyl adjacent to an activating group) is 1. The summed E-state index contributed by atoms with van der Waals surface area (Å²) in [4.78, 5) is 24.9. The highest BCUT2D eigenvalue weighted by molar-refractivity contribution is 5.75. The summed E-state index contributed by atoms with van der Waals surface area (Å²) in [6.07, 6.45) is -0.0877. The number of carboxylic acids is 1. The SMILES string of the molecule is CN(CCC(=O)O)C(=O)N(C)C(C)(C)CO. The highest BCUT2D eigenvalue weighted by atomic mass is 16.4. The van der Waals surface area contributed by atoms with Gasteiger partial charge in [-0.1, -0.05) is 0 Å². The molecule has 0 aromatic heterocycles. The maximum Gasteiger partial charge on any atom is 0.320 e. The van der Waals surface area contributed by atoms with E-state index >= 15 is 0 Å². The molecule has 6 nitrogen and oxygen atoms in total. The fraction of sp³-hybridized carbons (Fsp3) is 0.800. The first kappa shape index (κ1) is 14.7. The number of hydrogen-bond acceptors (Lipinski definition) is 3. The van der Waals surface area contributed by atoms with E-state index in [0.29, 0.717) is 0 Å². The number of carbonyl (C=O) groups is 2. The molecule has 0 saturated heterocycles. The van der Waals surface area contributed by atoms with Gasteiger partial charge in [-0.15, -0.1) is 0 Å². The van der Waals surface area contributed by atoms with Crippen LogP contribution in [0.25, 0.3) is 0 Å². The molecule has 0 unspecified atom stereocenters. The van der Waals surface area contributed by atoms with E-state index in [-0.39, 0.29) is 25.6 Å². The summed E-state index contributed by atoms with van der Waals surface area (Å²) in [5.41, 5.74) is -0.658. The van der Waals surface area contributed by atoms with Crippen LogP contribution in [-0.2, 0) is 4.79 Å². The number of aliphatic hydroxyl groups is 1. The number of aliphatic hydroxyl groups excluding tert-OH is 1. The van der Waals surface area contributed by atoms with Crippen molar-refractivity contribution in [2.45, 2.75) is 25.8 Å². The largest absolute Gasteiger partial charge is 0.481 e. The van der Waals surface area contributed by atoms with Crippen molar-refractivity contribution < 1.29 is 19.8 Å². The third-order valence-corrected chi connectivity index (χ3v) is 2.57. The van der Waals surface area contributed by atoms with Gasteiger partial charge in [0.15, 0.2) is 0 Å². The predicted molar refractivity (Wildman–Crippen MR) is 59.2 cm³/mol. The van der Waals surface area contributed by atoms with Gasteiger partial charge in [0.2, 0.25) is 0 Å². The first-order valence-corrected chi connectivity index (χ1v) is 5.04. The number of nitrogens with zero attached hydrogens (tertiary/aromatic N) is 2. The molecule has 0 aromatic carbocycles. The molecule has 2 N–H and O–H groups in total. The summed E-state index contributed by atoms with van der Waals surface area (Å²) in [5.74, 6) is -0.941. The van der Waals surface area contributed by atoms with E-state index in [4.69, 9.17) is 10.2 Å². The lowest BCUT2D eigenvalue weighted by atomic mass is 10.1. The van der Waals surface area contributed by atoms with Crippen LogP contribution in [0.1, 0.15) is 20.3 Å². The topological polar surface area (TPSA) is 81.1 Å². The van der Waals surface area contributed by atoms with Crippen molar-refractivity contribution in [2.75, 3.05) is 27.2 Å². The van der Waals surface area contributed by atoms with Crippen LogP contribution in [0.3, 0.4) is 0 Å². The molecule has 94 valence electrons. The van der Waals surface area contributed by atoms with Gasteiger partial charge in [0.05, 0.1) is 18.6 Å². The molecule has 0 aromatic rings. The number of amides is 2. The smallest absolute Gasteiger partial charge is 0.320 e. The van der Waals surface area contributed by atoms with Gasteiger partial charge >= 0.3 is 12.0 Å². The lowest BCUT2D eigenvalue weighted by molar-refractivity contribution is -0.137. The van der Waals surface area contributed by atoms with Gasteiger partial charge in [-0.05, 0) is 13.8 Å². The standard InChI is InChI=1S/C10H20N2O4/c1-10(2,7-13)12(4)9(16)11(3)6-5-8(14)15/h13H,5-7H2,1-4H3,(H,14,15). The van der Waals surface area contributed by atoms with Crippen LogP contribution in [0.15, 0.2) is 0 Å². The minimum Gasteiger partial charge on any atom is -0.481 e. The molecule has 0 heterocycles. The van der Waals surface area contributed by atoms with Crippen LogP contribution in [0.2, 0.25) is 0 Å². The summed E-state index contributed by atoms with van der Waals surface area (Å²) in [7, 11) is 3.12. The van der Waals surface area contributed by atoms with E-state index in [9.17, 15) is 9.59 Å². The van der Waals surface area contributed by atoms with Gasteiger partial charge in [-0.2, -0.15) is 0 Å². The molecular weight excluding hydrogens is 212 g/mol. The highest BCUT2D eigenvalue weighted by Crippen LogP contribution is 2.13. The lowest BCUT2D eigenvalue weighted by Gasteiger charge is -2.36. The zero-order valence-corrected chi connectivity index (χ0v) is 10.2. The monoisotopic (exact) mass is 232 g/mol. The average molecular weight is 232 g/mol. The van der Waals surface area contributed by atoms with Crippen molar-refractivity contribution in [3.05, 3.63) is 0 Å². The summed E-state index contributed by atoms with van der Waals surface area (Å²) in [6, 6.07) is -0.305. The Hall–Kier alpha value is -1.30. The molecular formula is C10H20N2O4. The van der Waals surface area contributed by atoms with E-state index in [0.717, 1.165) is 0 Å². The van der Waals surface area contributed by atoms with Gasteiger partial charge in [-0.3, -0.25) is 4.79 Å². The minimum atomic E-state index is -0.941. The molecule has 0 radical (unpaired) electrons. The number of urea groups is 1. The molecule has 0 spiro atoms. The van der Waals surface area contributed by atoms with Crippen molar-refractivity contribution in [1.29, 1.82) is 0 Å². The van der Waals surface area contributed by atoms with E-state index in [2.05, 4.69) is 0 Å². The summed E-state index contributed by atoms with van der Waals surface area (Å²) in [5, 5.41) is 17.6. The van der Waals surface area contributed by atoms with Crippen LogP contribution in [0.5, 0.6) is 0 Å². The van der Waals surface area contributed by atoms with Gasteiger partial charge in [0.25, 0.3) is 0 Å². The quantitative estimate of drug-likeness (QED) is 0.710. The summed E-state index contributed by atoms with van der Waals surface area (Å²) in [6.45, 7) is 3.47. The van der Waals surface area contributed by atoms with Gasteiger partial charge in [-0.25, -0.2) is 4.79 Å². The molecule has 16 heavy (non-hydrogen) atoms. The van der Waals surface area contributed by atoms with Crippen molar-refractivity contribution in [3.63, 3.8) is 0 Å². The fourth-order valence-corrected chi connectivity index (χ4v) is 0.980. The van der Waals surface area contributed by atoms with Crippen LogP contribution >= 0.6 is 0 Å². The van der Waals surface area contributed by atoms with Crippen molar-refractivity contribution in [3.8, 4) is 0 Å². The van der Waals surface area contributed by atoms with Gasteiger partial charge < -0.3 is 20.0 Å². The van der Waals surface area contributed by atoms with Crippen molar-refractivity contribution in [1.82, 2.24) is 9.80 Å². The van der Waals surface area contributed by atoms with Gasteiger partial charge in [0.1, 0.15) is 0 Å². The number of rotatable bonds is 5. The van der Waals surface area contributed by atoms with Crippen LogP contribution in [0, 0.1) is 0 Å². The number of carboxylic acid groups (broad SMARTS) is 1. The van der Waals surface area contributed by atoms with Crippen LogP contribution < -0.4 is 0 Å². The number of aliphatic carboxylic acids is 1. The molecule has 2 amide bonds. The Morgan fingerprint density at radius 3 is 2.12 bits per heavy atom. The Bertz CT molecular complexity index is 266. The average Bonchev–Trinajstić information content (AvgIpc) is 2.23. The molecule has 0 aliphatic carbocycles. The van der Waals surface area contributed by atoms with Crippen LogP contribution in [-0.4, -0.2) is 64.8 Å². The van der Waals surface area contributed by atoms with Crippen molar-refractivity contribution >= 4 is 12.0 Å². The zero-order valence-electron chi connectivity index (χ0n) is 10.2. The first-order valence-electron chi connectivity index (χ1n) is 5.04. The molecule has 0 atom stereocenters. The fourth-order valence-electron chi connectivity index (χ4n) is 0.980. The molecule has 0 rings (SSSR count). The first-order chi connectivity index (χ1) is 7.22. The second-order valence-electron chi connectivity index (χ2n) is 4.38. The maximum absolute atomic E-state index is 11.8. The van der Waals surface area contributed by atoms with E-state index < -0.39 is 11.5 Å². The lowest BCUT2D eigenvalue weighted by Crippen LogP contribution is -2.52. The number of hydrogen-bond donors (Lipinski definition) is 2. The second kappa shape index (κ2) is 5.69. The Balaban J connectivity index is 4.38. The molecule has 0 aliphatic heterocycles. The molecule has 0 saturated carbocycles. The Labute approximate surface area is 95.5 Å². The van der Waals surface area contributed by atoms with Crippen molar-refractivity contribution in [2.24, 2.45) is 0 Å². The molecule has 0 fully saturated rings. The van der Waals surface area contributed by atoms with E-state index in [1.165, 1.54) is 16.8 Å². The molecule has 6 heteroatoms. The Morgan fingerprint density at radius 2 is 1.75 bits per heavy atom. The third-order valence-electron chi connectivity index (χ3n) is 2.57. The van der Waals surface area contributed by atoms with E-state index in [1.807, 2.05) is 0 Å². The Morgan fingerprint density at radius 1 is 1.25 bits per heavy atom.